The molecule has 0 heterocycles. The lowest BCUT2D eigenvalue weighted by Gasteiger charge is -2.46. The summed E-state index contributed by atoms with van der Waals surface area (Å²) in [4.78, 5) is 25.8. The highest BCUT2D eigenvalue weighted by Gasteiger charge is 2.46. The lowest BCUT2D eigenvalue weighted by atomic mass is 9.61. The number of aromatic hydroxyl groups is 2. The van der Waals surface area contributed by atoms with Crippen LogP contribution in [0.2, 0.25) is 0 Å². The van der Waals surface area contributed by atoms with Gasteiger partial charge in [-0.25, -0.2) is 0 Å². The number of ether oxygens (including phenoxy) is 4. The summed E-state index contributed by atoms with van der Waals surface area (Å²) in [6.45, 7) is 1.03. The Kier molecular flexibility index (Phi) is 10.4. The third kappa shape index (κ3) is 7.24. The molecule has 3 aromatic carbocycles. The van der Waals surface area contributed by atoms with E-state index in [-0.39, 0.29) is 61.2 Å². The van der Waals surface area contributed by atoms with Crippen LogP contribution in [0, 0.1) is 11.8 Å². The summed E-state index contributed by atoms with van der Waals surface area (Å²) in [7, 11) is 2.96. The van der Waals surface area contributed by atoms with E-state index in [2.05, 4.69) is 0 Å². The predicted molar refractivity (Wildman–Crippen MR) is 168 cm³/mol. The van der Waals surface area contributed by atoms with Crippen LogP contribution in [0.25, 0.3) is 0 Å². The Labute approximate surface area is 268 Å². The van der Waals surface area contributed by atoms with Crippen LogP contribution in [0.4, 0.5) is 0 Å². The maximum absolute atomic E-state index is 13.3. The van der Waals surface area contributed by atoms with E-state index >= 15 is 0 Å². The number of phenols is 2. The largest absolute Gasteiger partial charge is 0.504 e. The van der Waals surface area contributed by atoms with E-state index in [0.717, 1.165) is 16.7 Å². The normalized spacial score (nSPS) is 24.0. The van der Waals surface area contributed by atoms with Gasteiger partial charge in [-0.1, -0.05) is 30.3 Å². The topological polar surface area (TPSA) is 152 Å². The Morgan fingerprint density at radius 3 is 2.26 bits per heavy atom. The number of rotatable bonds is 9. The third-order valence-corrected chi connectivity index (χ3v) is 9.45. The molecule has 5 rings (SSSR count). The number of phenolic OH excluding ortho intramolecular Hbond substituents is 2. The smallest absolute Gasteiger partial charge is 0.310 e. The highest BCUT2D eigenvalue weighted by atomic mass is 16.6. The minimum atomic E-state index is -0.619. The fourth-order valence-electron chi connectivity index (χ4n) is 7.40. The molecule has 3 aromatic rings. The molecule has 0 saturated heterocycles. The first-order chi connectivity index (χ1) is 22.1. The molecular weight excluding hydrogens is 592 g/mol. The lowest BCUT2D eigenvalue weighted by molar-refractivity contribution is -0.160. The first kappa shape index (κ1) is 33.1. The Hall–Kier alpha value is -4.28. The average Bonchev–Trinajstić information content (AvgIpc) is 3.02. The molecular formula is C36H42O10. The molecule has 0 aliphatic heterocycles. The number of carbonyl (C=O) groups excluding carboxylic acids is 2. The molecule has 0 spiro atoms. The van der Waals surface area contributed by atoms with Crippen molar-refractivity contribution < 1.29 is 49.0 Å². The van der Waals surface area contributed by atoms with Crippen LogP contribution in [0.5, 0.6) is 23.0 Å². The number of benzene rings is 3. The van der Waals surface area contributed by atoms with Gasteiger partial charge in [-0.15, -0.1) is 0 Å². The molecule has 10 nitrogen and oxygen atoms in total. The van der Waals surface area contributed by atoms with Gasteiger partial charge in [0.2, 0.25) is 0 Å². The SMILES string of the molecule is COc1cc([C@@H]2C[C@H](OC(=O)Cc3cccc(CO)c3)C[C@@H](OC(C)=O)[C@H]3Cc4cc(OC)c(O)cc4[C@H](CO)[C@@H]3C2)ccc1O. The third-order valence-electron chi connectivity index (χ3n) is 9.45. The Balaban J connectivity index is 1.54. The van der Waals surface area contributed by atoms with Crippen molar-refractivity contribution in [2.24, 2.45) is 11.8 Å². The number of esters is 2. The van der Waals surface area contributed by atoms with Crippen LogP contribution in [-0.2, 0) is 38.5 Å². The minimum absolute atomic E-state index is 0.00207. The maximum Gasteiger partial charge on any atom is 0.310 e. The van der Waals surface area contributed by atoms with Crippen LogP contribution in [0.15, 0.2) is 54.6 Å². The van der Waals surface area contributed by atoms with E-state index in [1.54, 1.807) is 48.5 Å². The number of aliphatic hydroxyl groups excluding tert-OH is 2. The van der Waals surface area contributed by atoms with Crippen LogP contribution in [0.3, 0.4) is 0 Å². The van der Waals surface area contributed by atoms with Gasteiger partial charge in [0.05, 0.1) is 33.9 Å². The zero-order chi connectivity index (χ0) is 33.0. The first-order valence-corrected chi connectivity index (χ1v) is 15.6. The highest BCUT2D eigenvalue weighted by Crippen LogP contribution is 2.51. The van der Waals surface area contributed by atoms with Gasteiger partial charge < -0.3 is 39.4 Å². The van der Waals surface area contributed by atoms with Crippen LogP contribution in [-0.4, -0.2) is 65.4 Å². The monoisotopic (exact) mass is 634 g/mol. The zero-order valence-corrected chi connectivity index (χ0v) is 26.3. The molecule has 6 atom stereocenters. The zero-order valence-electron chi connectivity index (χ0n) is 26.3. The van der Waals surface area contributed by atoms with Gasteiger partial charge in [-0.05, 0) is 83.2 Å². The fourth-order valence-corrected chi connectivity index (χ4v) is 7.40. The van der Waals surface area contributed by atoms with E-state index < -0.39 is 24.1 Å². The molecule has 10 heteroatoms. The molecule has 0 radical (unpaired) electrons. The summed E-state index contributed by atoms with van der Waals surface area (Å²) in [5, 5.41) is 41.3. The number of methoxy groups -OCH3 is 2. The van der Waals surface area contributed by atoms with Gasteiger partial charge in [0.25, 0.3) is 0 Å². The van der Waals surface area contributed by atoms with Crippen molar-refractivity contribution in [1.82, 2.24) is 0 Å². The van der Waals surface area contributed by atoms with Gasteiger partial charge in [-0.2, -0.15) is 0 Å². The Bertz CT molecular complexity index is 1550. The van der Waals surface area contributed by atoms with Crippen molar-refractivity contribution in [2.45, 2.75) is 69.7 Å². The van der Waals surface area contributed by atoms with Gasteiger partial charge in [0.1, 0.15) is 12.2 Å². The molecule has 246 valence electrons. The van der Waals surface area contributed by atoms with Crippen molar-refractivity contribution in [3.05, 3.63) is 82.4 Å². The summed E-state index contributed by atoms with van der Waals surface area (Å²) in [5.41, 5.74) is 3.98. The van der Waals surface area contributed by atoms with Crippen LogP contribution >= 0.6 is 0 Å². The standard InChI is InChI=1S/C36H42O10/c1-20(39)45-33-16-26(46-36(42)10-21-5-4-6-22(9-21)18-37)11-24(23-7-8-31(40)34(14-23)43-2)12-28-29(33)13-25-15-35(44-3)32(41)17-27(25)30(28)19-38/h4-9,14-15,17,24,26,28-30,33,37-38,40-41H,10-13,16,18-19H2,1-3H3/t24-,26+,28-,29+,30+,33-/m1/s1. The highest BCUT2D eigenvalue weighted by molar-refractivity contribution is 5.73. The quantitative estimate of drug-likeness (QED) is 0.247. The van der Waals surface area contributed by atoms with Crippen molar-refractivity contribution in [3.63, 3.8) is 0 Å². The minimum Gasteiger partial charge on any atom is -0.504 e. The molecule has 1 fully saturated rings. The van der Waals surface area contributed by atoms with Crippen molar-refractivity contribution >= 4 is 11.9 Å². The van der Waals surface area contributed by atoms with Crippen molar-refractivity contribution in [1.29, 1.82) is 0 Å². The molecule has 4 N–H and O–H groups in total. The van der Waals surface area contributed by atoms with Gasteiger partial charge >= 0.3 is 11.9 Å². The van der Waals surface area contributed by atoms with E-state index in [4.69, 9.17) is 18.9 Å². The Morgan fingerprint density at radius 2 is 1.57 bits per heavy atom. The van der Waals surface area contributed by atoms with Crippen LogP contribution < -0.4 is 9.47 Å². The summed E-state index contributed by atoms with van der Waals surface area (Å²) in [6, 6.07) is 15.7. The summed E-state index contributed by atoms with van der Waals surface area (Å²) in [6.07, 6.45) is 0.456. The molecule has 1 saturated carbocycles. The second-order valence-corrected chi connectivity index (χ2v) is 12.3. The average molecular weight is 635 g/mol. The maximum atomic E-state index is 13.3. The predicted octanol–water partition coefficient (Wildman–Crippen LogP) is 4.53. The lowest BCUT2D eigenvalue weighted by Crippen LogP contribution is -2.45. The second kappa shape index (κ2) is 14.4. The summed E-state index contributed by atoms with van der Waals surface area (Å²) < 4.78 is 22.9. The molecule has 0 aromatic heterocycles. The number of hydrogen-bond donors (Lipinski definition) is 4. The first-order valence-electron chi connectivity index (χ1n) is 15.6. The molecule has 0 bridgehead atoms. The number of hydrogen-bond acceptors (Lipinski definition) is 10. The number of carbonyl (C=O) groups is 2. The molecule has 0 amide bonds. The molecule has 0 unspecified atom stereocenters. The molecule has 2 aliphatic carbocycles. The van der Waals surface area contributed by atoms with Gasteiger partial charge in [0.15, 0.2) is 23.0 Å². The van der Waals surface area contributed by atoms with Gasteiger partial charge in [0, 0.05) is 25.2 Å². The second-order valence-electron chi connectivity index (χ2n) is 12.3. The number of aliphatic hydroxyl groups is 2. The van der Waals surface area contributed by atoms with Crippen molar-refractivity contribution in [3.8, 4) is 23.0 Å². The number of fused-ring (bicyclic) bond motifs is 2. The van der Waals surface area contributed by atoms with Crippen molar-refractivity contribution in [2.75, 3.05) is 20.8 Å². The van der Waals surface area contributed by atoms with Crippen LogP contribution in [0.1, 0.15) is 65.8 Å². The molecule has 46 heavy (non-hydrogen) atoms. The van der Waals surface area contributed by atoms with E-state index in [1.807, 2.05) is 6.07 Å². The Morgan fingerprint density at radius 1 is 0.826 bits per heavy atom. The van der Waals surface area contributed by atoms with Gasteiger partial charge in [-0.3, -0.25) is 9.59 Å². The van der Waals surface area contributed by atoms with E-state index in [9.17, 15) is 30.0 Å². The fraction of sp³-hybridized carbons (Fsp3) is 0.444. The van der Waals surface area contributed by atoms with E-state index in [1.165, 1.54) is 21.1 Å². The summed E-state index contributed by atoms with van der Waals surface area (Å²) >= 11 is 0. The summed E-state index contributed by atoms with van der Waals surface area (Å²) in [5.74, 6) is -1.25. The molecule has 2 aliphatic rings. The van der Waals surface area contributed by atoms with E-state index in [0.29, 0.717) is 41.9 Å².